The van der Waals surface area contributed by atoms with E-state index in [1.807, 2.05) is 13.8 Å². The Morgan fingerprint density at radius 1 is 1.62 bits per heavy atom. The molecule has 0 aromatic carbocycles. The topological polar surface area (TPSA) is 73.1 Å². The van der Waals surface area contributed by atoms with E-state index in [-0.39, 0.29) is 12.0 Å². The van der Waals surface area contributed by atoms with Gasteiger partial charge in [0.1, 0.15) is 0 Å². The van der Waals surface area contributed by atoms with Gasteiger partial charge in [0, 0.05) is 0 Å². The number of nitrogens with one attached hydrogen (secondary N) is 1. The van der Waals surface area contributed by atoms with E-state index in [4.69, 9.17) is 10.4 Å². The monoisotopic (exact) mass is 184 g/mol. The summed E-state index contributed by atoms with van der Waals surface area (Å²) in [4.78, 5) is 10.1. The van der Waals surface area contributed by atoms with Gasteiger partial charge < -0.3 is 10.4 Å². The Labute approximate surface area is 78.6 Å². The van der Waals surface area contributed by atoms with Gasteiger partial charge in [-0.05, 0) is 33.2 Å². The lowest BCUT2D eigenvalue weighted by Gasteiger charge is -2.14. The molecular formula is C9H16N2O2. The first-order valence-corrected chi connectivity index (χ1v) is 4.32. The van der Waals surface area contributed by atoms with Gasteiger partial charge in [0.25, 0.3) is 0 Å². The molecule has 0 saturated heterocycles. The molecule has 0 aliphatic heterocycles. The van der Waals surface area contributed by atoms with Crippen molar-refractivity contribution in [3.8, 4) is 6.07 Å². The first kappa shape index (κ1) is 11.9. The van der Waals surface area contributed by atoms with Crippen molar-refractivity contribution in [1.29, 1.82) is 5.26 Å². The van der Waals surface area contributed by atoms with Gasteiger partial charge in [-0.1, -0.05) is 0 Å². The van der Waals surface area contributed by atoms with Gasteiger partial charge in [-0.15, -0.1) is 0 Å². The first-order chi connectivity index (χ1) is 5.98. The van der Waals surface area contributed by atoms with Gasteiger partial charge >= 0.3 is 5.97 Å². The van der Waals surface area contributed by atoms with Crippen LogP contribution < -0.4 is 5.32 Å². The molecule has 0 heterocycles. The predicted molar refractivity (Wildman–Crippen MR) is 49.1 cm³/mol. The van der Waals surface area contributed by atoms with Crippen molar-refractivity contribution in [3.63, 3.8) is 0 Å². The largest absolute Gasteiger partial charge is 0.480 e. The predicted octanol–water partition coefficient (Wildman–Crippen LogP) is 0.991. The van der Waals surface area contributed by atoms with Crippen LogP contribution in [0, 0.1) is 16.7 Å². The molecule has 13 heavy (non-hydrogen) atoms. The molecule has 0 amide bonds. The molecule has 0 aliphatic rings. The van der Waals surface area contributed by atoms with Crippen molar-refractivity contribution >= 4 is 5.97 Å². The van der Waals surface area contributed by atoms with E-state index in [2.05, 4.69) is 11.4 Å². The molecule has 0 bridgehead atoms. The Morgan fingerprint density at radius 2 is 2.23 bits per heavy atom. The SMILES string of the molecule is CC(C)(C#N)CCCNCC(=O)O. The summed E-state index contributed by atoms with van der Waals surface area (Å²) in [6.07, 6.45) is 1.62. The fourth-order valence-electron chi connectivity index (χ4n) is 0.907. The third-order valence-corrected chi connectivity index (χ3v) is 1.73. The van der Waals surface area contributed by atoms with Crippen molar-refractivity contribution < 1.29 is 9.90 Å². The lowest BCUT2D eigenvalue weighted by Crippen LogP contribution is -2.24. The van der Waals surface area contributed by atoms with Crippen molar-refractivity contribution in [2.24, 2.45) is 5.41 Å². The molecule has 0 aromatic rings. The Bertz CT molecular complexity index is 206. The molecule has 0 aromatic heterocycles. The molecule has 0 atom stereocenters. The van der Waals surface area contributed by atoms with E-state index in [9.17, 15) is 4.79 Å². The van der Waals surface area contributed by atoms with E-state index in [0.29, 0.717) is 6.54 Å². The maximum atomic E-state index is 10.1. The number of carbonyl (C=O) groups is 1. The van der Waals surface area contributed by atoms with Crippen molar-refractivity contribution in [2.75, 3.05) is 13.1 Å². The third kappa shape index (κ3) is 7.29. The van der Waals surface area contributed by atoms with Crippen LogP contribution in [-0.4, -0.2) is 24.2 Å². The minimum atomic E-state index is -0.848. The number of nitrogens with zero attached hydrogens (tertiary/aromatic N) is 1. The number of hydrogen-bond acceptors (Lipinski definition) is 3. The molecule has 0 spiro atoms. The summed E-state index contributed by atoms with van der Waals surface area (Å²) in [5.41, 5.74) is -0.301. The molecule has 0 saturated carbocycles. The molecule has 74 valence electrons. The summed E-state index contributed by atoms with van der Waals surface area (Å²) < 4.78 is 0. The lowest BCUT2D eigenvalue weighted by molar-refractivity contribution is -0.135. The number of carboxylic acids is 1. The standard InChI is InChI=1S/C9H16N2O2/c1-9(2,7-10)4-3-5-11-6-8(12)13/h11H,3-6H2,1-2H3,(H,12,13). The summed E-state index contributed by atoms with van der Waals surface area (Å²) in [6.45, 7) is 4.40. The fourth-order valence-corrected chi connectivity index (χ4v) is 0.907. The highest BCUT2D eigenvalue weighted by Gasteiger charge is 2.15. The molecule has 2 N–H and O–H groups in total. The average molecular weight is 184 g/mol. The highest BCUT2D eigenvalue weighted by molar-refractivity contribution is 5.68. The van der Waals surface area contributed by atoms with Crippen molar-refractivity contribution in [1.82, 2.24) is 5.32 Å². The highest BCUT2D eigenvalue weighted by atomic mass is 16.4. The number of carboxylic acid groups (broad SMARTS) is 1. The summed E-state index contributed by atoms with van der Waals surface area (Å²) in [5, 5.41) is 19.8. The van der Waals surface area contributed by atoms with Crippen LogP contribution in [-0.2, 0) is 4.79 Å². The zero-order valence-corrected chi connectivity index (χ0v) is 8.13. The maximum absolute atomic E-state index is 10.1. The molecular weight excluding hydrogens is 168 g/mol. The zero-order chi connectivity index (χ0) is 10.3. The van der Waals surface area contributed by atoms with Crippen LogP contribution in [0.2, 0.25) is 0 Å². The summed E-state index contributed by atoms with van der Waals surface area (Å²) >= 11 is 0. The smallest absolute Gasteiger partial charge is 0.317 e. The van der Waals surface area contributed by atoms with E-state index in [1.165, 1.54) is 0 Å². The number of nitriles is 1. The van der Waals surface area contributed by atoms with Gasteiger partial charge in [0.15, 0.2) is 0 Å². The van der Waals surface area contributed by atoms with Crippen LogP contribution in [0.25, 0.3) is 0 Å². The Hall–Kier alpha value is -1.08. The number of aliphatic carboxylic acids is 1. The molecule has 0 fully saturated rings. The Morgan fingerprint density at radius 3 is 2.69 bits per heavy atom. The third-order valence-electron chi connectivity index (χ3n) is 1.73. The molecule has 0 radical (unpaired) electrons. The van der Waals surface area contributed by atoms with Crippen LogP contribution >= 0.6 is 0 Å². The normalized spacial score (nSPS) is 10.8. The summed E-state index contributed by atoms with van der Waals surface area (Å²) in [7, 11) is 0. The van der Waals surface area contributed by atoms with Crippen LogP contribution in [0.1, 0.15) is 26.7 Å². The highest BCUT2D eigenvalue weighted by Crippen LogP contribution is 2.19. The second-order valence-corrected chi connectivity index (χ2v) is 3.67. The van der Waals surface area contributed by atoms with Crippen LogP contribution in [0.3, 0.4) is 0 Å². The van der Waals surface area contributed by atoms with Crippen molar-refractivity contribution in [3.05, 3.63) is 0 Å². The molecule has 4 heteroatoms. The maximum Gasteiger partial charge on any atom is 0.317 e. The van der Waals surface area contributed by atoms with E-state index in [1.54, 1.807) is 0 Å². The molecule has 4 nitrogen and oxygen atoms in total. The van der Waals surface area contributed by atoms with Gasteiger partial charge in [-0.3, -0.25) is 4.79 Å². The summed E-state index contributed by atoms with van der Waals surface area (Å²) in [5.74, 6) is -0.848. The second kappa shape index (κ2) is 5.55. The lowest BCUT2D eigenvalue weighted by atomic mass is 9.90. The second-order valence-electron chi connectivity index (χ2n) is 3.67. The number of rotatable bonds is 6. The molecule has 0 unspecified atom stereocenters. The van der Waals surface area contributed by atoms with E-state index >= 15 is 0 Å². The minimum absolute atomic E-state index is 0.00696. The summed E-state index contributed by atoms with van der Waals surface area (Å²) in [6, 6.07) is 2.20. The van der Waals surface area contributed by atoms with Crippen LogP contribution in [0.15, 0.2) is 0 Å². The molecule has 0 rings (SSSR count). The number of hydrogen-bond donors (Lipinski definition) is 2. The van der Waals surface area contributed by atoms with Crippen LogP contribution in [0.4, 0.5) is 0 Å². The minimum Gasteiger partial charge on any atom is -0.480 e. The Kier molecular flexibility index (Phi) is 5.09. The van der Waals surface area contributed by atoms with E-state index < -0.39 is 5.97 Å². The van der Waals surface area contributed by atoms with Crippen LogP contribution in [0.5, 0.6) is 0 Å². The average Bonchev–Trinajstić information content (AvgIpc) is 2.03. The van der Waals surface area contributed by atoms with Gasteiger partial charge in [0.05, 0.1) is 18.0 Å². The van der Waals surface area contributed by atoms with Gasteiger partial charge in [-0.25, -0.2) is 0 Å². The van der Waals surface area contributed by atoms with E-state index in [0.717, 1.165) is 12.8 Å². The van der Waals surface area contributed by atoms with Gasteiger partial charge in [0.2, 0.25) is 0 Å². The first-order valence-electron chi connectivity index (χ1n) is 4.32. The Balaban J connectivity index is 3.37. The zero-order valence-electron chi connectivity index (χ0n) is 8.13. The van der Waals surface area contributed by atoms with Crippen molar-refractivity contribution in [2.45, 2.75) is 26.7 Å². The molecule has 0 aliphatic carbocycles. The van der Waals surface area contributed by atoms with Gasteiger partial charge in [-0.2, -0.15) is 5.26 Å². The quantitative estimate of drug-likeness (QED) is 0.604. The fraction of sp³-hybridized carbons (Fsp3) is 0.778.